The van der Waals surface area contributed by atoms with Crippen molar-refractivity contribution < 1.29 is 18.3 Å². The summed E-state index contributed by atoms with van der Waals surface area (Å²) in [6, 6.07) is 4.16. The van der Waals surface area contributed by atoms with Crippen molar-refractivity contribution in [1.82, 2.24) is 29.5 Å². The maximum atomic E-state index is 12.9. The minimum absolute atomic E-state index is 0.129. The first-order valence-corrected chi connectivity index (χ1v) is 8.97. The molecule has 0 amide bonds. The molecule has 1 unspecified atom stereocenters. The fraction of sp³-hybridized carbons (Fsp3) is 0.263. The van der Waals surface area contributed by atoms with E-state index in [0.717, 1.165) is 12.1 Å². The number of H-pyrrole nitrogens is 1. The Labute approximate surface area is 167 Å². The molecule has 0 spiro atoms. The van der Waals surface area contributed by atoms with Crippen molar-refractivity contribution in [3.63, 3.8) is 0 Å². The summed E-state index contributed by atoms with van der Waals surface area (Å²) < 4.78 is 41.5. The molecule has 0 aliphatic rings. The first kappa shape index (κ1) is 19.8. The number of aliphatic hydroxyl groups is 1. The average Bonchev–Trinajstić information content (AvgIpc) is 3.30. The van der Waals surface area contributed by atoms with E-state index in [4.69, 9.17) is 0 Å². The third-order valence-corrected chi connectivity index (χ3v) is 4.85. The lowest BCUT2D eigenvalue weighted by molar-refractivity contribution is -0.137. The van der Waals surface area contributed by atoms with Gasteiger partial charge in [0.15, 0.2) is 5.65 Å². The lowest BCUT2D eigenvalue weighted by Gasteiger charge is -2.15. The molecular formula is C19H17F3N6O2. The standard InChI is InChI=1S/C19H17F3N6O2/c1-10(11-3-5-13(6-4-11)19(20,21)22)28-17-15(14(9-29)26-28)18(30)25-16(24-17)12-7-23-27(2)8-12/h3-8,10,29H,9H2,1-2H3,(H,24,25,30). The van der Waals surface area contributed by atoms with Crippen LogP contribution in [-0.4, -0.2) is 34.6 Å². The summed E-state index contributed by atoms with van der Waals surface area (Å²) in [5.74, 6) is 0.269. The van der Waals surface area contributed by atoms with Gasteiger partial charge in [0.25, 0.3) is 5.56 Å². The summed E-state index contributed by atoms with van der Waals surface area (Å²) in [5.41, 5.74) is 0.241. The van der Waals surface area contributed by atoms with E-state index in [1.54, 1.807) is 24.9 Å². The zero-order chi connectivity index (χ0) is 21.6. The number of aryl methyl sites for hydroxylation is 1. The fourth-order valence-corrected chi connectivity index (χ4v) is 3.27. The van der Waals surface area contributed by atoms with Crippen molar-refractivity contribution in [1.29, 1.82) is 0 Å². The van der Waals surface area contributed by atoms with Gasteiger partial charge in [-0.25, -0.2) is 9.67 Å². The van der Waals surface area contributed by atoms with Crippen LogP contribution >= 0.6 is 0 Å². The third kappa shape index (κ3) is 3.36. The first-order valence-electron chi connectivity index (χ1n) is 8.97. The highest BCUT2D eigenvalue weighted by Crippen LogP contribution is 2.31. The molecule has 2 N–H and O–H groups in total. The van der Waals surface area contributed by atoms with E-state index in [1.807, 2.05) is 0 Å². The number of aliphatic hydroxyl groups excluding tert-OH is 1. The van der Waals surface area contributed by atoms with Crippen molar-refractivity contribution in [3.05, 3.63) is 63.8 Å². The maximum absolute atomic E-state index is 12.9. The Bertz CT molecular complexity index is 1270. The van der Waals surface area contributed by atoms with E-state index < -0.39 is 29.9 Å². The van der Waals surface area contributed by atoms with Crippen LogP contribution < -0.4 is 5.56 Å². The molecule has 0 saturated carbocycles. The molecule has 1 atom stereocenters. The average molecular weight is 418 g/mol. The second-order valence-corrected chi connectivity index (χ2v) is 6.86. The highest BCUT2D eigenvalue weighted by atomic mass is 19.4. The number of aromatic amines is 1. The van der Waals surface area contributed by atoms with Crippen LogP contribution in [0.5, 0.6) is 0 Å². The minimum Gasteiger partial charge on any atom is -0.390 e. The molecule has 0 saturated heterocycles. The third-order valence-electron chi connectivity index (χ3n) is 4.85. The number of hydrogen-bond acceptors (Lipinski definition) is 5. The number of alkyl halides is 3. The van der Waals surface area contributed by atoms with Crippen molar-refractivity contribution in [2.45, 2.75) is 25.7 Å². The zero-order valence-electron chi connectivity index (χ0n) is 16.0. The quantitative estimate of drug-likeness (QED) is 0.531. The van der Waals surface area contributed by atoms with Gasteiger partial charge in [-0.2, -0.15) is 23.4 Å². The van der Waals surface area contributed by atoms with Gasteiger partial charge < -0.3 is 10.1 Å². The molecule has 1 aromatic carbocycles. The Kier molecular flexibility index (Phi) is 4.69. The lowest BCUT2D eigenvalue weighted by Crippen LogP contribution is -2.13. The maximum Gasteiger partial charge on any atom is 0.416 e. The summed E-state index contributed by atoms with van der Waals surface area (Å²) >= 11 is 0. The Morgan fingerprint density at radius 3 is 2.50 bits per heavy atom. The molecule has 0 fully saturated rings. The van der Waals surface area contributed by atoms with Crippen LogP contribution in [-0.2, 0) is 19.8 Å². The molecule has 156 valence electrons. The number of fused-ring (bicyclic) bond motifs is 1. The van der Waals surface area contributed by atoms with E-state index in [0.29, 0.717) is 11.1 Å². The number of aromatic nitrogens is 6. The molecule has 8 nitrogen and oxygen atoms in total. The monoisotopic (exact) mass is 418 g/mol. The number of benzene rings is 1. The van der Waals surface area contributed by atoms with E-state index in [1.165, 1.54) is 23.0 Å². The number of rotatable bonds is 4. The summed E-state index contributed by atoms with van der Waals surface area (Å²) in [5, 5.41) is 18.1. The number of hydrogen-bond donors (Lipinski definition) is 2. The van der Waals surface area contributed by atoms with Crippen molar-refractivity contribution >= 4 is 11.0 Å². The van der Waals surface area contributed by atoms with Crippen LogP contribution in [0, 0.1) is 0 Å². The van der Waals surface area contributed by atoms with Crippen LogP contribution in [0.2, 0.25) is 0 Å². The molecule has 0 aliphatic heterocycles. The van der Waals surface area contributed by atoms with Crippen LogP contribution in [0.4, 0.5) is 13.2 Å². The summed E-state index contributed by atoms with van der Waals surface area (Å²) in [4.78, 5) is 19.8. The van der Waals surface area contributed by atoms with Crippen LogP contribution in [0.3, 0.4) is 0 Å². The van der Waals surface area contributed by atoms with Gasteiger partial charge in [0.2, 0.25) is 0 Å². The predicted octanol–water partition coefficient (Wildman–Crippen LogP) is 2.64. The number of nitrogens with zero attached hydrogens (tertiary/aromatic N) is 5. The fourth-order valence-electron chi connectivity index (χ4n) is 3.27. The first-order chi connectivity index (χ1) is 14.2. The van der Waals surface area contributed by atoms with Gasteiger partial charge in [-0.15, -0.1) is 0 Å². The van der Waals surface area contributed by atoms with Crippen LogP contribution in [0.1, 0.15) is 29.8 Å². The molecule has 4 aromatic rings. The Hall–Kier alpha value is -3.47. The largest absolute Gasteiger partial charge is 0.416 e. The summed E-state index contributed by atoms with van der Waals surface area (Å²) in [7, 11) is 1.72. The van der Waals surface area contributed by atoms with E-state index in [-0.39, 0.29) is 22.6 Å². The predicted molar refractivity (Wildman–Crippen MR) is 102 cm³/mol. The lowest BCUT2D eigenvalue weighted by atomic mass is 10.1. The number of halogens is 3. The van der Waals surface area contributed by atoms with Gasteiger partial charge in [-0.05, 0) is 24.6 Å². The molecule has 0 bridgehead atoms. The normalized spacial score (nSPS) is 13.1. The summed E-state index contributed by atoms with van der Waals surface area (Å²) in [6.07, 6.45) is -1.22. The second kappa shape index (κ2) is 7.10. The molecule has 3 heterocycles. The molecule has 0 radical (unpaired) electrons. The summed E-state index contributed by atoms with van der Waals surface area (Å²) in [6.45, 7) is 1.24. The number of nitrogens with one attached hydrogen (secondary N) is 1. The molecule has 3 aromatic heterocycles. The minimum atomic E-state index is -4.43. The smallest absolute Gasteiger partial charge is 0.390 e. The van der Waals surface area contributed by atoms with Gasteiger partial charge in [-0.3, -0.25) is 9.48 Å². The van der Waals surface area contributed by atoms with Crippen molar-refractivity contribution in [2.24, 2.45) is 7.05 Å². The van der Waals surface area contributed by atoms with Crippen molar-refractivity contribution in [3.8, 4) is 11.4 Å². The Balaban J connectivity index is 1.85. The molecule has 30 heavy (non-hydrogen) atoms. The topological polar surface area (TPSA) is 102 Å². The molecular weight excluding hydrogens is 401 g/mol. The highest BCUT2D eigenvalue weighted by Gasteiger charge is 2.30. The van der Waals surface area contributed by atoms with Crippen molar-refractivity contribution in [2.75, 3.05) is 0 Å². The zero-order valence-corrected chi connectivity index (χ0v) is 16.0. The Morgan fingerprint density at radius 2 is 1.93 bits per heavy atom. The van der Waals surface area contributed by atoms with Gasteiger partial charge in [-0.1, -0.05) is 12.1 Å². The van der Waals surface area contributed by atoms with Crippen LogP contribution in [0.15, 0.2) is 41.5 Å². The second-order valence-electron chi connectivity index (χ2n) is 6.86. The SMILES string of the molecule is CC(c1ccc(C(F)(F)F)cc1)n1nc(CO)c2c(=O)[nH]c(-c3cnn(C)c3)nc21. The van der Waals surface area contributed by atoms with Gasteiger partial charge >= 0.3 is 6.18 Å². The van der Waals surface area contributed by atoms with Gasteiger partial charge in [0, 0.05) is 13.2 Å². The van der Waals surface area contributed by atoms with Gasteiger partial charge in [0.05, 0.1) is 30.0 Å². The molecule has 4 rings (SSSR count). The van der Waals surface area contributed by atoms with Crippen LogP contribution in [0.25, 0.3) is 22.4 Å². The molecule has 11 heteroatoms. The Morgan fingerprint density at radius 1 is 1.23 bits per heavy atom. The highest BCUT2D eigenvalue weighted by molar-refractivity contribution is 5.79. The molecule has 0 aliphatic carbocycles. The van der Waals surface area contributed by atoms with E-state index in [9.17, 15) is 23.1 Å². The van der Waals surface area contributed by atoms with E-state index >= 15 is 0 Å². The van der Waals surface area contributed by atoms with Gasteiger partial charge in [0.1, 0.15) is 16.9 Å². The van der Waals surface area contributed by atoms with E-state index in [2.05, 4.69) is 20.2 Å².